The van der Waals surface area contributed by atoms with Gasteiger partial charge in [0.15, 0.2) is 17.6 Å². The number of ether oxygens (including phenoxy) is 2. The zero-order chi connectivity index (χ0) is 21.1. The van der Waals surface area contributed by atoms with Crippen molar-refractivity contribution in [3.63, 3.8) is 0 Å². The number of hydrogen-bond acceptors (Lipinski definition) is 4. The Kier molecular flexibility index (Phi) is 5.77. The molecule has 1 aliphatic rings. The highest BCUT2D eigenvalue weighted by molar-refractivity contribution is 6.31. The number of nitrogens with zero attached hydrogens (tertiary/aromatic N) is 2. The number of aromatic nitrogens is 1. The van der Waals surface area contributed by atoms with Crippen LogP contribution >= 0.6 is 11.6 Å². The van der Waals surface area contributed by atoms with Crippen LogP contribution in [-0.2, 0) is 6.54 Å². The molecule has 1 aliphatic heterocycles. The Balaban J connectivity index is 1.47. The fourth-order valence-electron chi connectivity index (χ4n) is 3.35. The Hall–Kier alpha value is -3.25. The van der Waals surface area contributed by atoms with Gasteiger partial charge in [0.25, 0.3) is 11.5 Å². The molecule has 1 unspecified atom stereocenters. The second-order valence-electron chi connectivity index (χ2n) is 7.16. The summed E-state index contributed by atoms with van der Waals surface area (Å²) in [6, 6.07) is 17.7. The lowest BCUT2D eigenvalue weighted by Gasteiger charge is -2.29. The summed E-state index contributed by atoms with van der Waals surface area (Å²) in [7, 11) is 1.70. The maximum Gasteiger partial charge on any atom is 0.255 e. The summed E-state index contributed by atoms with van der Waals surface area (Å²) < 4.78 is 13.1. The van der Waals surface area contributed by atoms with Crippen LogP contribution in [0.2, 0.25) is 5.02 Å². The molecular formula is C23H21ClN2O4. The van der Waals surface area contributed by atoms with E-state index in [0.29, 0.717) is 41.8 Å². The predicted octanol–water partition coefficient (Wildman–Crippen LogP) is 3.46. The number of hydrogen-bond donors (Lipinski definition) is 0. The molecule has 0 spiro atoms. The minimum atomic E-state index is -0.275. The number of para-hydroxylation sites is 2. The lowest BCUT2D eigenvalue weighted by molar-refractivity contribution is 0.0520. The number of likely N-dealkylation sites (N-methyl/N-ethyl adjacent to an activating group) is 1. The van der Waals surface area contributed by atoms with Crippen molar-refractivity contribution in [1.29, 1.82) is 0 Å². The molecule has 2 heterocycles. The molecule has 0 fully saturated rings. The van der Waals surface area contributed by atoms with Crippen LogP contribution in [0, 0.1) is 0 Å². The lowest BCUT2D eigenvalue weighted by atomic mass is 10.2. The second-order valence-corrected chi connectivity index (χ2v) is 7.57. The first-order valence-corrected chi connectivity index (χ1v) is 9.97. The quantitative estimate of drug-likeness (QED) is 0.629. The second kappa shape index (κ2) is 8.63. The molecule has 1 atom stereocenters. The molecule has 6 nitrogen and oxygen atoms in total. The van der Waals surface area contributed by atoms with E-state index in [-0.39, 0.29) is 17.6 Å². The van der Waals surface area contributed by atoms with E-state index in [4.69, 9.17) is 21.1 Å². The van der Waals surface area contributed by atoms with Gasteiger partial charge in [0.05, 0.1) is 18.7 Å². The van der Waals surface area contributed by atoms with Gasteiger partial charge >= 0.3 is 0 Å². The Morgan fingerprint density at radius 2 is 1.83 bits per heavy atom. The standard InChI is InChI=1S/C23H21ClN2O4/c1-25(14-18-15-29-20-8-4-5-9-21(20)30-18)23(28)17-10-11-22(27)26(13-17)12-16-6-2-3-7-19(16)24/h2-11,13,18H,12,14-15H2,1H3. The zero-order valence-corrected chi connectivity index (χ0v) is 17.2. The summed E-state index contributed by atoms with van der Waals surface area (Å²) >= 11 is 6.21. The van der Waals surface area contributed by atoms with Crippen LogP contribution < -0.4 is 15.0 Å². The third kappa shape index (κ3) is 4.33. The van der Waals surface area contributed by atoms with E-state index in [9.17, 15) is 9.59 Å². The van der Waals surface area contributed by atoms with Crippen molar-refractivity contribution in [3.8, 4) is 11.5 Å². The van der Waals surface area contributed by atoms with Gasteiger partial charge in [0.1, 0.15) is 6.61 Å². The van der Waals surface area contributed by atoms with Gasteiger partial charge in [-0.1, -0.05) is 41.9 Å². The number of rotatable bonds is 5. The van der Waals surface area contributed by atoms with E-state index in [1.165, 1.54) is 16.7 Å². The minimum Gasteiger partial charge on any atom is -0.486 e. The first-order chi connectivity index (χ1) is 14.5. The van der Waals surface area contributed by atoms with Crippen LogP contribution in [-0.4, -0.2) is 41.7 Å². The topological polar surface area (TPSA) is 60.8 Å². The minimum absolute atomic E-state index is 0.199. The Morgan fingerprint density at radius 1 is 1.10 bits per heavy atom. The average molecular weight is 425 g/mol. The van der Waals surface area contributed by atoms with Gasteiger partial charge in [-0.2, -0.15) is 0 Å². The number of pyridine rings is 1. The number of halogens is 1. The summed E-state index contributed by atoms with van der Waals surface area (Å²) in [5.41, 5.74) is 1.03. The molecule has 3 aromatic rings. The van der Waals surface area contributed by atoms with Crippen LogP contribution in [0.5, 0.6) is 11.5 Å². The molecule has 0 radical (unpaired) electrons. The van der Waals surface area contributed by atoms with Crippen LogP contribution in [0.4, 0.5) is 0 Å². The summed E-state index contributed by atoms with van der Waals surface area (Å²) in [6.45, 7) is 1.01. The van der Waals surface area contributed by atoms with Crippen molar-refractivity contribution in [2.75, 3.05) is 20.2 Å². The van der Waals surface area contributed by atoms with Crippen LogP contribution in [0.3, 0.4) is 0 Å². The van der Waals surface area contributed by atoms with E-state index in [1.807, 2.05) is 42.5 Å². The van der Waals surface area contributed by atoms with Crippen molar-refractivity contribution < 1.29 is 14.3 Å². The molecule has 1 amide bonds. The smallest absolute Gasteiger partial charge is 0.255 e. The van der Waals surface area contributed by atoms with Crippen molar-refractivity contribution in [2.24, 2.45) is 0 Å². The fraction of sp³-hybridized carbons (Fsp3) is 0.217. The first-order valence-electron chi connectivity index (χ1n) is 9.59. The van der Waals surface area contributed by atoms with Gasteiger partial charge in [0.2, 0.25) is 0 Å². The summed E-state index contributed by atoms with van der Waals surface area (Å²) in [5, 5.41) is 0.577. The Bertz CT molecular complexity index is 1130. The molecule has 7 heteroatoms. The predicted molar refractivity (Wildman–Crippen MR) is 115 cm³/mol. The van der Waals surface area contributed by atoms with Crippen molar-refractivity contribution in [3.05, 3.63) is 93.4 Å². The van der Waals surface area contributed by atoms with E-state index in [2.05, 4.69) is 0 Å². The van der Waals surface area contributed by atoms with Crippen LogP contribution in [0.25, 0.3) is 0 Å². The number of benzene rings is 2. The van der Waals surface area contributed by atoms with Gasteiger partial charge in [-0.3, -0.25) is 9.59 Å². The third-order valence-electron chi connectivity index (χ3n) is 4.92. The maximum absolute atomic E-state index is 12.9. The first kappa shape index (κ1) is 20.0. The molecule has 30 heavy (non-hydrogen) atoms. The highest BCUT2D eigenvalue weighted by atomic mass is 35.5. The molecule has 1 aromatic heterocycles. The third-order valence-corrected chi connectivity index (χ3v) is 5.29. The lowest BCUT2D eigenvalue weighted by Crippen LogP contribution is -2.42. The van der Waals surface area contributed by atoms with Crippen LogP contribution in [0.1, 0.15) is 15.9 Å². The maximum atomic E-state index is 12.9. The summed E-state index contributed by atoms with van der Waals surface area (Å²) in [6.07, 6.45) is 1.29. The van der Waals surface area contributed by atoms with Gasteiger partial charge in [-0.25, -0.2) is 0 Å². The van der Waals surface area contributed by atoms with Crippen molar-refractivity contribution >= 4 is 17.5 Å². The Morgan fingerprint density at radius 3 is 2.63 bits per heavy atom. The average Bonchev–Trinajstić information content (AvgIpc) is 2.76. The van der Waals surface area contributed by atoms with Gasteiger partial charge < -0.3 is 18.9 Å². The van der Waals surface area contributed by atoms with Gasteiger partial charge in [-0.15, -0.1) is 0 Å². The summed E-state index contributed by atoms with van der Waals surface area (Å²) in [4.78, 5) is 26.8. The van der Waals surface area contributed by atoms with E-state index < -0.39 is 0 Å². The van der Waals surface area contributed by atoms with E-state index >= 15 is 0 Å². The highest BCUT2D eigenvalue weighted by Gasteiger charge is 2.24. The number of fused-ring (bicyclic) bond motifs is 1. The Labute approximate surface area is 179 Å². The van der Waals surface area contributed by atoms with Crippen LogP contribution in [0.15, 0.2) is 71.7 Å². The normalized spacial score (nSPS) is 14.9. The highest BCUT2D eigenvalue weighted by Crippen LogP contribution is 2.31. The molecule has 0 bridgehead atoms. The molecule has 0 N–H and O–H groups in total. The molecule has 2 aromatic carbocycles. The molecule has 4 rings (SSSR count). The van der Waals surface area contributed by atoms with Gasteiger partial charge in [-0.05, 0) is 29.8 Å². The number of carbonyl (C=O) groups is 1. The number of amides is 1. The summed E-state index contributed by atoms with van der Waals surface area (Å²) in [5.74, 6) is 1.17. The number of carbonyl (C=O) groups excluding carboxylic acids is 1. The SMILES string of the molecule is CN(CC1COc2ccccc2O1)C(=O)c1ccc(=O)n(Cc2ccccc2Cl)c1. The van der Waals surface area contributed by atoms with E-state index in [0.717, 1.165) is 5.56 Å². The molecule has 0 saturated heterocycles. The fourth-order valence-corrected chi connectivity index (χ4v) is 3.55. The molecular weight excluding hydrogens is 404 g/mol. The zero-order valence-electron chi connectivity index (χ0n) is 16.5. The van der Waals surface area contributed by atoms with Gasteiger partial charge in [0, 0.05) is 24.3 Å². The molecule has 0 aliphatic carbocycles. The monoisotopic (exact) mass is 424 g/mol. The molecule has 154 valence electrons. The largest absolute Gasteiger partial charge is 0.486 e. The van der Waals surface area contributed by atoms with Crippen molar-refractivity contribution in [2.45, 2.75) is 12.6 Å². The van der Waals surface area contributed by atoms with Crippen molar-refractivity contribution in [1.82, 2.24) is 9.47 Å². The molecule has 0 saturated carbocycles. The van der Waals surface area contributed by atoms with E-state index in [1.54, 1.807) is 24.2 Å².